The van der Waals surface area contributed by atoms with E-state index >= 15 is 0 Å². The largest absolute Gasteiger partial charge is 0.490 e. The number of aromatic nitrogens is 1. The molecule has 178 valence electrons. The van der Waals surface area contributed by atoms with Gasteiger partial charge in [0.2, 0.25) is 0 Å². The zero-order chi connectivity index (χ0) is 23.9. The molecule has 1 N–H and O–H groups in total. The van der Waals surface area contributed by atoms with Gasteiger partial charge >= 0.3 is 0 Å². The number of likely N-dealkylation sites (tertiary alicyclic amines) is 1. The van der Waals surface area contributed by atoms with Crippen molar-refractivity contribution in [2.75, 3.05) is 31.6 Å². The number of piperidine rings is 1. The Morgan fingerprint density at radius 2 is 1.79 bits per heavy atom. The second-order valence-corrected chi connectivity index (χ2v) is 9.17. The minimum Gasteiger partial charge on any atom is -0.490 e. The van der Waals surface area contributed by atoms with Gasteiger partial charge < -0.3 is 19.7 Å². The highest BCUT2D eigenvalue weighted by molar-refractivity contribution is 7.09. The van der Waals surface area contributed by atoms with E-state index in [0.29, 0.717) is 29.4 Å². The van der Waals surface area contributed by atoms with Gasteiger partial charge in [0.25, 0.3) is 11.8 Å². The zero-order valence-electron chi connectivity index (χ0n) is 19.5. The molecule has 0 spiro atoms. The molecule has 1 aromatic heterocycles. The molecule has 0 atom stereocenters. The van der Waals surface area contributed by atoms with Crippen LogP contribution in [0.2, 0.25) is 0 Å². The first-order valence-corrected chi connectivity index (χ1v) is 12.4. The lowest BCUT2D eigenvalue weighted by molar-refractivity contribution is -0.134. The van der Waals surface area contributed by atoms with Crippen molar-refractivity contribution < 1.29 is 19.1 Å². The van der Waals surface area contributed by atoms with Gasteiger partial charge in [-0.3, -0.25) is 9.59 Å². The van der Waals surface area contributed by atoms with E-state index in [9.17, 15) is 9.59 Å². The summed E-state index contributed by atoms with van der Waals surface area (Å²) in [5.74, 6) is 0.608. The van der Waals surface area contributed by atoms with E-state index in [-0.39, 0.29) is 18.4 Å². The molecule has 34 heavy (non-hydrogen) atoms. The number of carbonyl (C=O) groups is 2. The van der Waals surface area contributed by atoms with E-state index in [0.717, 1.165) is 48.6 Å². The maximum Gasteiger partial charge on any atom is 0.260 e. The van der Waals surface area contributed by atoms with E-state index in [2.05, 4.69) is 10.3 Å². The number of anilines is 1. The minimum absolute atomic E-state index is 0.0276. The van der Waals surface area contributed by atoms with Gasteiger partial charge in [-0.15, -0.1) is 11.3 Å². The number of carbonyl (C=O) groups excluding carboxylic acids is 2. The lowest BCUT2D eigenvalue weighted by Gasteiger charge is -2.26. The average Bonchev–Trinajstić information content (AvgIpc) is 3.30. The van der Waals surface area contributed by atoms with E-state index < -0.39 is 0 Å². The van der Waals surface area contributed by atoms with Crippen molar-refractivity contribution in [3.63, 3.8) is 0 Å². The van der Waals surface area contributed by atoms with Crippen LogP contribution in [0, 0.1) is 6.92 Å². The molecular formula is C26H29N3O4S. The molecule has 2 amide bonds. The molecule has 1 aliphatic heterocycles. The van der Waals surface area contributed by atoms with Crippen LogP contribution in [0.15, 0.2) is 47.8 Å². The summed E-state index contributed by atoms with van der Waals surface area (Å²) in [6, 6.07) is 12.6. The third-order valence-corrected chi connectivity index (χ3v) is 6.40. The third-order valence-electron chi connectivity index (χ3n) is 5.62. The molecule has 1 aliphatic rings. The Labute approximate surface area is 203 Å². The monoisotopic (exact) mass is 479 g/mol. The zero-order valence-corrected chi connectivity index (χ0v) is 20.3. The van der Waals surface area contributed by atoms with Crippen molar-refractivity contribution in [3.05, 3.63) is 58.4 Å². The van der Waals surface area contributed by atoms with Crippen molar-refractivity contribution in [2.24, 2.45) is 0 Å². The van der Waals surface area contributed by atoms with E-state index in [1.807, 2.05) is 48.4 Å². The van der Waals surface area contributed by atoms with Crippen LogP contribution in [-0.2, 0) is 4.79 Å². The van der Waals surface area contributed by atoms with Crippen LogP contribution in [-0.4, -0.2) is 48.0 Å². The number of amides is 2. The summed E-state index contributed by atoms with van der Waals surface area (Å²) in [6.45, 7) is 5.77. The summed E-state index contributed by atoms with van der Waals surface area (Å²) in [7, 11) is 0. The Balaban J connectivity index is 1.40. The Hall–Kier alpha value is -3.39. The van der Waals surface area contributed by atoms with Gasteiger partial charge in [0.15, 0.2) is 18.1 Å². The van der Waals surface area contributed by atoms with Crippen LogP contribution in [0.3, 0.4) is 0 Å². The summed E-state index contributed by atoms with van der Waals surface area (Å²) >= 11 is 1.61. The summed E-state index contributed by atoms with van der Waals surface area (Å²) in [4.78, 5) is 31.6. The minimum atomic E-state index is -0.255. The van der Waals surface area contributed by atoms with E-state index in [1.165, 1.54) is 0 Å². The predicted molar refractivity (Wildman–Crippen MR) is 134 cm³/mol. The van der Waals surface area contributed by atoms with Gasteiger partial charge in [0, 0.05) is 35.3 Å². The van der Waals surface area contributed by atoms with Crippen LogP contribution in [0.25, 0.3) is 11.3 Å². The molecule has 2 aromatic carbocycles. The van der Waals surface area contributed by atoms with Gasteiger partial charge in [0.05, 0.1) is 17.3 Å². The highest BCUT2D eigenvalue weighted by Gasteiger charge is 2.18. The number of nitrogens with one attached hydrogen (secondary N) is 1. The normalized spacial score (nSPS) is 13.4. The highest BCUT2D eigenvalue weighted by atomic mass is 32.1. The van der Waals surface area contributed by atoms with Gasteiger partial charge in [-0.05, 0) is 63.4 Å². The first-order chi connectivity index (χ1) is 16.5. The lowest BCUT2D eigenvalue weighted by atomic mass is 10.1. The number of hydrogen-bond donors (Lipinski definition) is 1. The topological polar surface area (TPSA) is 80.8 Å². The first kappa shape index (κ1) is 23.8. The maximum absolute atomic E-state index is 12.8. The van der Waals surface area contributed by atoms with Crippen LogP contribution in [0.5, 0.6) is 11.5 Å². The number of hydrogen-bond acceptors (Lipinski definition) is 6. The van der Waals surface area contributed by atoms with Crippen LogP contribution >= 0.6 is 11.3 Å². The first-order valence-electron chi connectivity index (χ1n) is 11.5. The molecule has 0 aliphatic carbocycles. The number of rotatable bonds is 8. The van der Waals surface area contributed by atoms with Crippen molar-refractivity contribution in [2.45, 2.75) is 33.1 Å². The fraction of sp³-hybridized carbons (Fsp3) is 0.346. The fourth-order valence-electron chi connectivity index (χ4n) is 3.83. The molecule has 2 heterocycles. The summed E-state index contributed by atoms with van der Waals surface area (Å²) in [5.41, 5.74) is 3.06. The molecule has 0 saturated carbocycles. The number of ether oxygens (including phenoxy) is 2. The SMILES string of the molecule is CCOc1cc(C(=O)Nc2ccc(-c3csc(C)n3)cc2)ccc1OCC(=O)N1CCCCC1. The number of nitrogens with zero attached hydrogens (tertiary/aromatic N) is 2. The van der Waals surface area contributed by atoms with Crippen LogP contribution < -0.4 is 14.8 Å². The molecule has 0 radical (unpaired) electrons. The standard InChI is InChI=1S/C26H29N3O4S/c1-3-32-24-15-20(9-12-23(24)33-16-25(30)29-13-5-4-6-14-29)26(31)28-21-10-7-19(8-11-21)22-17-34-18(2)27-22/h7-12,15,17H,3-6,13-14,16H2,1-2H3,(H,28,31). The number of aryl methyl sites for hydroxylation is 1. The van der Waals surface area contributed by atoms with E-state index in [1.54, 1.807) is 29.5 Å². The van der Waals surface area contributed by atoms with Crippen molar-refractivity contribution in [1.82, 2.24) is 9.88 Å². The van der Waals surface area contributed by atoms with Gasteiger partial charge in [-0.1, -0.05) is 12.1 Å². The van der Waals surface area contributed by atoms with Crippen molar-refractivity contribution in [3.8, 4) is 22.8 Å². The molecule has 0 unspecified atom stereocenters. The van der Waals surface area contributed by atoms with E-state index in [4.69, 9.17) is 9.47 Å². The predicted octanol–water partition coefficient (Wildman–Crippen LogP) is 5.16. The number of benzene rings is 2. The molecular weight excluding hydrogens is 450 g/mol. The van der Waals surface area contributed by atoms with Gasteiger partial charge in [-0.2, -0.15) is 0 Å². The lowest BCUT2D eigenvalue weighted by Crippen LogP contribution is -2.38. The number of thiazole rings is 1. The Morgan fingerprint density at radius 1 is 1.03 bits per heavy atom. The van der Waals surface area contributed by atoms with Crippen LogP contribution in [0.4, 0.5) is 5.69 Å². The average molecular weight is 480 g/mol. The summed E-state index contributed by atoms with van der Waals surface area (Å²) in [6.07, 6.45) is 3.23. The quantitative estimate of drug-likeness (QED) is 0.483. The van der Waals surface area contributed by atoms with Crippen LogP contribution in [0.1, 0.15) is 41.6 Å². The molecule has 4 rings (SSSR count). The Bertz CT molecular complexity index is 1140. The molecule has 1 fully saturated rings. The molecule has 8 heteroatoms. The van der Waals surface area contributed by atoms with Gasteiger partial charge in [-0.25, -0.2) is 4.98 Å². The fourth-order valence-corrected chi connectivity index (χ4v) is 4.46. The van der Waals surface area contributed by atoms with Crippen molar-refractivity contribution in [1.29, 1.82) is 0 Å². The van der Waals surface area contributed by atoms with Gasteiger partial charge in [0.1, 0.15) is 0 Å². The second kappa shape index (κ2) is 11.2. The smallest absolute Gasteiger partial charge is 0.260 e. The Morgan fingerprint density at radius 3 is 2.47 bits per heavy atom. The second-order valence-electron chi connectivity index (χ2n) is 8.11. The highest BCUT2D eigenvalue weighted by Crippen LogP contribution is 2.29. The summed E-state index contributed by atoms with van der Waals surface area (Å²) in [5, 5.41) is 5.94. The summed E-state index contributed by atoms with van der Waals surface area (Å²) < 4.78 is 11.4. The molecule has 1 saturated heterocycles. The van der Waals surface area contributed by atoms with Crippen molar-refractivity contribution >= 4 is 28.8 Å². The maximum atomic E-state index is 12.8. The third kappa shape index (κ3) is 5.94. The molecule has 7 nitrogen and oxygen atoms in total. The Kier molecular flexibility index (Phi) is 7.80. The molecule has 0 bridgehead atoms. The molecule has 3 aromatic rings.